The van der Waals surface area contributed by atoms with Crippen LogP contribution >= 0.6 is 0 Å². The van der Waals surface area contributed by atoms with E-state index in [9.17, 15) is 0 Å². The van der Waals surface area contributed by atoms with Crippen LogP contribution in [0.2, 0.25) is 0 Å². The average molecular weight is 243 g/mol. The molecular formula is C17H25N. The molecule has 0 unspecified atom stereocenters. The lowest BCUT2D eigenvalue weighted by Crippen LogP contribution is -2.18. The third-order valence-corrected chi connectivity index (χ3v) is 3.00. The summed E-state index contributed by atoms with van der Waals surface area (Å²) in [6.07, 6.45) is 3.22. The maximum Gasteiger partial charge on any atom is 0.0397 e. The highest BCUT2D eigenvalue weighted by molar-refractivity contribution is 5.99. The van der Waals surface area contributed by atoms with Gasteiger partial charge in [-0.25, -0.2) is 0 Å². The topological polar surface area (TPSA) is 12.4 Å². The molecule has 0 aromatic heterocycles. The van der Waals surface area contributed by atoms with Gasteiger partial charge in [0.2, 0.25) is 0 Å². The van der Waals surface area contributed by atoms with E-state index in [1.54, 1.807) is 0 Å². The van der Waals surface area contributed by atoms with Crippen molar-refractivity contribution in [3.8, 4) is 0 Å². The highest BCUT2D eigenvalue weighted by Gasteiger charge is 2.16. The molecule has 98 valence electrons. The molecule has 1 aromatic carbocycles. The fourth-order valence-electron chi connectivity index (χ4n) is 1.93. The lowest BCUT2D eigenvalue weighted by Gasteiger charge is -2.19. The van der Waals surface area contributed by atoms with Gasteiger partial charge in [-0.05, 0) is 31.9 Å². The van der Waals surface area contributed by atoms with Crippen molar-refractivity contribution in [2.24, 2.45) is 10.4 Å². The third kappa shape index (κ3) is 4.48. The van der Waals surface area contributed by atoms with Gasteiger partial charge < -0.3 is 0 Å². The first kappa shape index (κ1) is 14.7. The lowest BCUT2D eigenvalue weighted by molar-refractivity contribution is 0.593. The maximum atomic E-state index is 4.40. The van der Waals surface area contributed by atoms with Crippen LogP contribution in [0.3, 0.4) is 0 Å². The van der Waals surface area contributed by atoms with Gasteiger partial charge in [-0.3, -0.25) is 4.99 Å². The molecule has 0 aliphatic rings. The Balaban J connectivity index is 2.82. The zero-order valence-electron chi connectivity index (χ0n) is 12.5. The molecule has 0 atom stereocenters. The third-order valence-electron chi connectivity index (χ3n) is 3.00. The van der Waals surface area contributed by atoms with Crippen molar-refractivity contribution < 1.29 is 0 Å². The summed E-state index contributed by atoms with van der Waals surface area (Å²) >= 11 is 0. The minimum absolute atomic E-state index is 0.114. The molecule has 0 aliphatic heterocycles. The second-order valence-corrected chi connectivity index (χ2v) is 6.01. The van der Waals surface area contributed by atoms with Crippen LogP contribution in [0.15, 0.2) is 40.9 Å². The van der Waals surface area contributed by atoms with E-state index in [2.05, 4.69) is 70.0 Å². The predicted octanol–water partition coefficient (Wildman–Crippen LogP) is 4.60. The number of benzene rings is 1. The summed E-state index contributed by atoms with van der Waals surface area (Å²) in [7, 11) is 1.87. The van der Waals surface area contributed by atoms with Gasteiger partial charge in [-0.2, -0.15) is 0 Å². The van der Waals surface area contributed by atoms with Gasteiger partial charge in [0.05, 0.1) is 0 Å². The Morgan fingerprint density at radius 3 is 2.17 bits per heavy atom. The van der Waals surface area contributed by atoms with E-state index in [1.165, 1.54) is 16.7 Å². The fraction of sp³-hybridized carbons (Fsp3) is 0.471. The SMILES string of the molecule is CN=C(/C=C(/C)Cc1ccc(C)cc1)C(C)(C)C. The number of aliphatic imine (C=N–C) groups is 1. The summed E-state index contributed by atoms with van der Waals surface area (Å²) < 4.78 is 0. The summed E-state index contributed by atoms with van der Waals surface area (Å²) in [6, 6.07) is 8.74. The second kappa shape index (κ2) is 5.99. The Bertz CT molecular complexity index is 441. The fourth-order valence-corrected chi connectivity index (χ4v) is 1.93. The minimum atomic E-state index is 0.114. The van der Waals surface area contributed by atoms with Gasteiger partial charge in [-0.15, -0.1) is 0 Å². The van der Waals surface area contributed by atoms with Gasteiger partial charge >= 0.3 is 0 Å². The van der Waals surface area contributed by atoms with Crippen LogP contribution < -0.4 is 0 Å². The van der Waals surface area contributed by atoms with Gasteiger partial charge in [0.25, 0.3) is 0 Å². The molecule has 0 aliphatic carbocycles. The van der Waals surface area contributed by atoms with E-state index in [0.29, 0.717) is 0 Å². The quantitative estimate of drug-likeness (QED) is 0.688. The normalized spacial score (nSPS) is 13.9. The van der Waals surface area contributed by atoms with E-state index in [0.717, 1.165) is 12.1 Å². The number of hydrogen-bond donors (Lipinski definition) is 0. The molecule has 0 fully saturated rings. The highest BCUT2D eigenvalue weighted by atomic mass is 14.7. The molecule has 0 radical (unpaired) electrons. The smallest absolute Gasteiger partial charge is 0.0397 e. The first-order valence-corrected chi connectivity index (χ1v) is 6.53. The maximum absolute atomic E-state index is 4.40. The van der Waals surface area contributed by atoms with Crippen LogP contribution in [0.4, 0.5) is 0 Å². The van der Waals surface area contributed by atoms with E-state index in [1.807, 2.05) is 7.05 Å². The Kier molecular flexibility index (Phi) is 4.89. The summed E-state index contributed by atoms with van der Waals surface area (Å²) in [4.78, 5) is 4.40. The predicted molar refractivity (Wildman–Crippen MR) is 81.5 cm³/mol. The van der Waals surface area contributed by atoms with Crippen LogP contribution in [0.5, 0.6) is 0 Å². The Labute approximate surface area is 112 Å². The molecular weight excluding hydrogens is 218 g/mol. The van der Waals surface area contributed by atoms with Crippen molar-refractivity contribution >= 4 is 5.71 Å². The first-order chi connectivity index (χ1) is 8.32. The lowest BCUT2D eigenvalue weighted by atomic mass is 9.88. The number of rotatable bonds is 3. The number of nitrogens with zero attached hydrogens (tertiary/aromatic N) is 1. The summed E-state index contributed by atoms with van der Waals surface area (Å²) in [6.45, 7) is 10.9. The van der Waals surface area contributed by atoms with E-state index in [4.69, 9.17) is 0 Å². The van der Waals surface area contributed by atoms with Gasteiger partial charge in [0.15, 0.2) is 0 Å². The summed E-state index contributed by atoms with van der Waals surface area (Å²) in [5.41, 5.74) is 5.30. The van der Waals surface area contributed by atoms with Crippen molar-refractivity contribution in [3.63, 3.8) is 0 Å². The van der Waals surface area contributed by atoms with Gasteiger partial charge in [0.1, 0.15) is 0 Å². The molecule has 18 heavy (non-hydrogen) atoms. The van der Waals surface area contributed by atoms with Crippen molar-refractivity contribution in [2.45, 2.75) is 41.0 Å². The van der Waals surface area contributed by atoms with Crippen LogP contribution in [0.25, 0.3) is 0 Å². The zero-order valence-corrected chi connectivity index (χ0v) is 12.5. The number of aryl methyl sites for hydroxylation is 1. The molecule has 0 spiro atoms. The standard InChI is InChI=1S/C17H25N/c1-13-7-9-15(10-8-13)11-14(2)12-16(18-6)17(3,4)5/h7-10,12H,11H2,1-6H3/b14-12-,18-16?. The first-order valence-electron chi connectivity index (χ1n) is 6.53. The average Bonchev–Trinajstić information content (AvgIpc) is 2.27. The van der Waals surface area contributed by atoms with Crippen LogP contribution in [-0.4, -0.2) is 12.8 Å². The molecule has 1 nitrogen and oxygen atoms in total. The molecule has 0 amide bonds. The molecule has 0 bridgehead atoms. The van der Waals surface area contributed by atoms with Crippen molar-refractivity contribution in [2.75, 3.05) is 7.05 Å². The van der Waals surface area contributed by atoms with Crippen LogP contribution in [0.1, 0.15) is 38.8 Å². The van der Waals surface area contributed by atoms with E-state index in [-0.39, 0.29) is 5.41 Å². The molecule has 0 N–H and O–H groups in total. The van der Waals surface area contributed by atoms with Crippen molar-refractivity contribution in [1.82, 2.24) is 0 Å². The molecule has 0 saturated carbocycles. The molecule has 1 rings (SSSR count). The number of hydrogen-bond acceptors (Lipinski definition) is 1. The van der Waals surface area contributed by atoms with E-state index >= 15 is 0 Å². The van der Waals surface area contributed by atoms with Crippen LogP contribution in [-0.2, 0) is 6.42 Å². The Morgan fingerprint density at radius 2 is 1.72 bits per heavy atom. The number of allylic oxidation sites excluding steroid dienone is 2. The van der Waals surface area contributed by atoms with Gasteiger partial charge in [-0.1, -0.05) is 56.2 Å². The van der Waals surface area contributed by atoms with Crippen molar-refractivity contribution in [1.29, 1.82) is 0 Å². The Hall–Kier alpha value is -1.37. The van der Waals surface area contributed by atoms with E-state index < -0.39 is 0 Å². The van der Waals surface area contributed by atoms with Gasteiger partial charge in [0, 0.05) is 18.2 Å². The molecule has 0 saturated heterocycles. The highest BCUT2D eigenvalue weighted by Crippen LogP contribution is 2.19. The molecule has 1 aromatic rings. The summed E-state index contributed by atoms with van der Waals surface area (Å²) in [5, 5.41) is 0. The van der Waals surface area contributed by atoms with Crippen molar-refractivity contribution in [3.05, 3.63) is 47.0 Å². The van der Waals surface area contributed by atoms with Crippen LogP contribution in [0, 0.1) is 12.3 Å². The summed E-state index contributed by atoms with van der Waals surface area (Å²) in [5.74, 6) is 0. The Morgan fingerprint density at radius 1 is 1.17 bits per heavy atom. The second-order valence-electron chi connectivity index (χ2n) is 6.01. The molecule has 1 heteroatoms. The zero-order chi connectivity index (χ0) is 13.8. The molecule has 0 heterocycles. The monoisotopic (exact) mass is 243 g/mol. The minimum Gasteiger partial charge on any atom is -0.293 e. The largest absolute Gasteiger partial charge is 0.293 e.